The molecular formula is C17H29N3. The molecule has 112 valence electrons. The molecule has 3 heteroatoms. The quantitative estimate of drug-likeness (QED) is 0.895. The molecule has 2 heterocycles. The van der Waals surface area contributed by atoms with Gasteiger partial charge < -0.3 is 5.32 Å². The summed E-state index contributed by atoms with van der Waals surface area (Å²) < 4.78 is 0. The highest BCUT2D eigenvalue weighted by Gasteiger charge is 2.29. The number of rotatable bonds is 5. The lowest BCUT2D eigenvalue weighted by Gasteiger charge is -2.42. The Balaban J connectivity index is 2.07. The SMILES string of the molecule is CCC(C)C1CN(Cc2ccncc2C)C(CC)CN1. The fourth-order valence-electron chi connectivity index (χ4n) is 3.04. The van der Waals surface area contributed by atoms with Crippen LogP contribution in [0.1, 0.15) is 44.7 Å². The van der Waals surface area contributed by atoms with E-state index in [-0.39, 0.29) is 0 Å². The van der Waals surface area contributed by atoms with Gasteiger partial charge in [-0.25, -0.2) is 0 Å². The van der Waals surface area contributed by atoms with Crippen LogP contribution in [0.5, 0.6) is 0 Å². The van der Waals surface area contributed by atoms with E-state index in [1.807, 2.05) is 12.4 Å². The number of nitrogens with one attached hydrogen (secondary N) is 1. The van der Waals surface area contributed by atoms with Gasteiger partial charge in [0, 0.05) is 44.1 Å². The van der Waals surface area contributed by atoms with E-state index >= 15 is 0 Å². The van der Waals surface area contributed by atoms with Gasteiger partial charge in [0.25, 0.3) is 0 Å². The molecule has 1 aliphatic rings. The molecule has 1 N–H and O–H groups in total. The summed E-state index contributed by atoms with van der Waals surface area (Å²) >= 11 is 0. The van der Waals surface area contributed by atoms with Gasteiger partial charge in [0.05, 0.1) is 0 Å². The summed E-state index contributed by atoms with van der Waals surface area (Å²) in [6.45, 7) is 12.4. The van der Waals surface area contributed by atoms with Crippen molar-refractivity contribution >= 4 is 0 Å². The molecule has 0 amide bonds. The van der Waals surface area contributed by atoms with E-state index in [0.717, 1.165) is 25.6 Å². The first-order valence-corrected chi connectivity index (χ1v) is 8.02. The van der Waals surface area contributed by atoms with Gasteiger partial charge >= 0.3 is 0 Å². The normalized spacial score (nSPS) is 25.6. The van der Waals surface area contributed by atoms with Crippen molar-refractivity contribution in [3.8, 4) is 0 Å². The van der Waals surface area contributed by atoms with E-state index in [4.69, 9.17) is 0 Å². The Bertz CT molecular complexity index is 418. The number of aromatic nitrogens is 1. The standard InChI is InChI=1S/C17H29N3/c1-5-13(3)17-12-20(16(6-2)10-19-17)11-15-7-8-18-9-14(15)4/h7-9,13,16-17,19H,5-6,10-12H2,1-4H3. The minimum absolute atomic E-state index is 0.630. The third kappa shape index (κ3) is 3.58. The number of piperazine rings is 1. The molecule has 1 fully saturated rings. The Morgan fingerprint density at radius 2 is 2.25 bits per heavy atom. The Hall–Kier alpha value is -0.930. The van der Waals surface area contributed by atoms with E-state index in [0.29, 0.717) is 12.1 Å². The lowest BCUT2D eigenvalue weighted by atomic mass is 9.94. The van der Waals surface area contributed by atoms with Crippen LogP contribution in [-0.2, 0) is 6.54 Å². The highest BCUT2D eigenvalue weighted by molar-refractivity contribution is 5.21. The van der Waals surface area contributed by atoms with Gasteiger partial charge in [0.1, 0.15) is 0 Å². The van der Waals surface area contributed by atoms with Crippen LogP contribution in [0.15, 0.2) is 18.5 Å². The monoisotopic (exact) mass is 275 g/mol. The predicted molar refractivity (Wildman–Crippen MR) is 84.7 cm³/mol. The molecule has 0 saturated carbocycles. The topological polar surface area (TPSA) is 28.2 Å². The van der Waals surface area contributed by atoms with E-state index in [9.17, 15) is 0 Å². The second kappa shape index (κ2) is 7.19. The van der Waals surface area contributed by atoms with E-state index in [2.05, 4.69) is 49.0 Å². The van der Waals surface area contributed by atoms with Crippen molar-refractivity contribution in [1.82, 2.24) is 15.2 Å². The average molecular weight is 275 g/mol. The van der Waals surface area contributed by atoms with Crippen LogP contribution in [0.2, 0.25) is 0 Å². The molecule has 3 unspecified atom stereocenters. The van der Waals surface area contributed by atoms with Crippen molar-refractivity contribution in [3.05, 3.63) is 29.6 Å². The smallest absolute Gasteiger partial charge is 0.0300 e. The summed E-state index contributed by atoms with van der Waals surface area (Å²) in [4.78, 5) is 6.87. The molecule has 0 aliphatic carbocycles. The number of hydrogen-bond acceptors (Lipinski definition) is 3. The van der Waals surface area contributed by atoms with E-state index in [1.54, 1.807) is 0 Å². The molecule has 1 aromatic heterocycles. The molecule has 1 aliphatic heterocycles. The highest BCUT2D eigenvalue weighted by atomic mass is 15.2. The molecule has 0 spiro atoms. The Morgan fingerprint density at radius 1 is 1.45 bits per heavy atom. The molecule has 1 saturated heterocycles. The van der Waals surface area contributed by atoms with Crippen LogP contribution >= 0.6 is 0 Å². The maximum atomic E-state index is 4.20. The van der Waals surface area contributed by atoms with Crippen LogP contribution in [0.3, 0.4) is 0 Å². The zero-order valence-corrected chi connectivity index (χ0v) is 13.4. The molecule has 2 rings (SSSR count). The van der Waals surface area contributed by atoms with Crippen LogP contribution in [0.4, 0.5) is 0 Å². The predicted octanol–water partition coefficient (Wildman–Crippen LogP) is 2.99. The van der Waals surface area contributed by atoms with E-state index in [1.165, 1.54) is 24.0 Å². The number of nitrogens with zero attached hydrogens (tertiary/aromatic N) is 2. The first-order valence-electron chi connectivity index (χ1n) is 8.02. The van der Waals surface area contributed by atoms with Gasteiger partial charge in [0.15, 0.2) is 0 Å². The van der Waals surface area contributed by atoms with Gasteiger partial charge in [0.2, 0.25) is 0 Å². The van der Waals surface area contributed by atoms with Crippen LogP contribution < -0.4 is 5.32 Å². The lowest BCUT2D eigenvalue weighted by molar-refractivity contribution is 0.0991. The van der Waals surface area contributed by atoms with Crippen LogP contribution in [-0.4, -0.2) is 35.1 Å². The highest BCUT2D eigenvalue weighted by Crippen LogP contribution is 2.20. The number of hydrogen-bond donors (Lipinski definition) is 1. The summed E-state index contributed by atoms with van der Waals surface area (Å²) in [5.74, 6) is 0.744. The zero-order chi connectivity index (χ0) is 14.5. The molecular weight excluding hydrogens is 246 g/mol. The fourth-order valence-corrected chi connectivity index (χ4v) is 3.04. The third-order valence-electron chi connectivity index (χ3n) is 4.88. The van der Waals surface area contributed by atoms with Crippen molar-refractivity contribution < 1.29 is 0 Å². The van der Waals surface area contributed by atoms with Crippen molar-refractivity contribution in [2.45, 2.75) is 59.2 Å². The van der Waals surface area contributed by atoms with Gasteiger partial charge in [-0.1, -0.05) is 27.2 Å². The number of pyridine rings is 1. The number of aryl methyl sites for hydroxylation is 1. The lowest BCUT2D eigenvalue weighted by Crippen LogP contribution is -2.57. The van der Waals surface area contributed by atoms with Crippen LogP contribution in [0.25, 0.3) is 0 Å². The van der Waals surface area contributed by atoms with Crippen molar-refractivity contribution in [2.24, 2.45) is 5.92 Å². The second-order valence-electron chi connectivity index (χ2n) is 6.19. The van der Waals surface area contributed by atoms with Crippen molar-refractivity contribution in [2.75, 3.05) is 13.1 Å². The molecule has 0 bridgehead atoms. The molecule has 3 nitrogen and oxygen atoms in total. The van der Waals surface area contributed by atoms with E-state index < -0.39 is 0 Å². The van der Waals surface area contributed by atoms with Gasteiger partial charge in [-0.15, -0.1) is 0 Å². The minimum Gasteiger partial charge on any atom is -0.311 e. The molecule has 0 aromatic carbocycles. The summed E-state index contributed by atoms with van der Waals surface area (Å²) in [6, 6.07) is 3.45. The third-order valence-corrected chi connectivity index (χ3v) is 4.88. The van der Waals surface area contributed by atoms with Gasteiger partial charge in [-0.05, 0) is 36.5 Å². The van der Waals surface area contributed by atoms with Gasteiger partial charge in [-0.3, -0.25) is 9.88 Å². The summed E-state index contributed by atoms with van der Waals surface area (Å²) in [5.41, 5.74) is 2.73. The average Bonchev–Trinajstić information content (AvgIpc) is 2.48. The summed E-state index contributed by atoms with van der Waals surface area (Å²) in [6.07, 6.45) is 6.35. The first kappa shape index (κ1) is 15.5. The molecule has 20 heavy (non-hydrogen) atoms. The van der Waals surface area contributed by atoms with Crippen LogP contribution in [0, 0.1) is 12.8 Å². The first-order chi connectivity index (χ1) is 9.65. The van der Waals surface area contributed by atoms with Gasteiger partial charge in [-0.2, -0.15) is 0 Å². The molecule has 0 radical (unpaired) electrons. The molecule has 3 atom stereocenters. The Morgan fingerprint density at radius 3 is 2.90 bits per heavy atom. The second-order valence-corrected chi connectivity index (χ2v) is 6.19. The minimum atomic E-state index is 0.630. The fraction of sp³-hybridized carbons (Fsp3) is 0.706. The maximum absolute atomic E-state index is 4.20. The van der Waals surface area contributed by atoms with Crippen molar-refractivity contribution in [1.29, 1.82) is 0 Å². The maximum Gasteiger partial charge on any atom is 0.0300 e. The summed E-state index contributed by atoms with van der Waals surface area (Å²) in [5, 5.41) is 3.75. The molecule has 1 aromatic rings. The summed E-state index contributed by atoms with van der Waals surface area (Å²) in [7, 11) is 0. The Labute approximate surface area is 123 Å². The zero-order valence-electron chi connectivity index (χ0n) is 13.4. The van der Waals surface area contributed by atoms with Crippen molar-refractivity contribution in [3.63, 3.8) is 0 Å². The largest absolute Gasteiger partial charge is 0.311 e. The Kier molecular flexibility index (Phi) is 5.55.